The zero-order chi connectivity index (χ0) is 13.7. The molecule has 0 aliphatic heterocycles. The molecule has 19 heavy (non-hydrogen) atoms. The Kier molecular flexibility index (Phi) is 5.24. The molecule has 0 saturated carbocycles. The first-order chi connectivity index (χ1) is 9.19. The van der Waals surface area contributed by atoms with Crippen LogP contribution in [0.15, 0.2) is 18.2 Å². The number of benzene rings is 1. The zero-order valence-corrected chi connectivity index (χ0v) is 12.6. The summed E-state index contributed by atoms with van der Waals surface area (Å²) in [5.74, 6) is 0.587. The third kappa shape index (κ3) is 4.23. The Bertz CT molecular complexity index is 548. The molecule has 0 atom stereocenters. The number of aromatic nitrogens is 2. The van der Waals surface area contributed by atoms with E-state index in [2.05, 4.69) is 22.4 Å². The van der Waals surface area contributed by atoms with Crippen molar-refractivity contribution in [2.24, 2.45) is 0 Å². The predicted molar refractivity (Wildman–Crippen MR) is 79.5 cm³/mol. The number of ether oxygens (including phenoxy) is 1. The Balaban J connectivity index is 1.92. The van der Waals surface area contributed by atoms with Gasteiger partial charge >= 0.3 is 0 Å². The summed E-state index contributed by atoms with van der Waals surface area (Å²) < 4.78 is 5.59. The molecule has 0 amide bonds. The van der Waals surface area contributed by atoms with Crippen LogP contribution in [0.2, 0.25) is 10.0 Å². The Morgan fingerprint density at radius 2 is 2.16 bits per heavy atom. The maximum Gasteiger partial charge on any atom is 0.205 e. The average molecular weight is 318 g/mol. The summed E-state index contributed by atoms with van der Waals surface area (Å²) in [6, 6.07) is 5.12. The molecule has 1 N–H and O–H groups in total. The van der Waals surface area contributed by atoms with Crippen LogP contribution < -0.4 is 10.1 Å². The van der Waals surface area contributed by atoms with Crippen molar-refractivity contribution in [1.29, 1.82) is 0 Å². The molecule has 1 aromatic heterocycles. The summed E-state index contributed by atoms with van der Waals surface area (Å²) in [5, 5.41) is 13.9. The highest BCUT2D eigenvalue weighted by Gasteiger charge is 2.07. The minimum Gasteiger partial charge on any atom is -0.485 e. The van der Waals surface area contributed by atoms with Crippen molar-refractivity contribution in [3.8, 4) is 5.75 Å². The smallest absolute Gasteiger partial charge is 0.205 e. The van der Waals surface area contributed by atoms with E-state index in [1.807, 2.05) is 0 Å². The van der Waals surface area contributed by atoms with Crippen LogP contribution in [-0.4, -0.2) is 16.7 Å². The Labute approximate surface area is 125 Å². The van der Waals surface area contributed by atoms with Crippen LogP contribution >= 0.6 is 34.5 Å². The minimum absolute atomic E-state index is 0.340. The number of rotatable bonds is 6. The maximum atomic E-state index is 6.02. The molecule has 4 nitrogen and oxygen atoms in total. The van der Waals surface area contributed by atoms with Gasteiger partial charge in [-0.3, -0.25) is 0 Å². The Hall–Kier alpha value is -1.04. The van der Waals surface area contributed by atoms with E-state index in [1.165, 1.54) is 11.3 Å². The summed E-state index contributed by atoms with van der Waals surface area (Å²) in [4.78, 5) is 0. The van der Waals surface area contributed by atoms with Crippen LogP contribution in [0.3, 0.4) is 0 Å². The summed E-state index contributed by atoms with van der Waals surface area (Å²) >= 11 is 13.3. The molecule has 1 aromatic carbocycles. The largest absolute Gasteiger partial charge is 0.485 e. The minimum atomic E-state index is 0.340. The fraction of sp³-hybridized carbons (Fsp3) is 0.333. The van der Waals surface area contributed by atoms with E-state index in [-0.39, 0.29) is 0 Å². The topological polar surface area (TPSA) is 47.0 Å². The molecular formula is C12H13Cl2N3OS. The molecule has 0 unspecified atom stereocenters. The van der Waals surface area contributed by atoms with E-state index in [0.29, 0.717) is 22.4 Å². The average Bonchev–Trinajstić information content (AvgIpc) is 2.83. The molecule has 102 valence electrons. The normalized spacial score (nSPS) is 10.5. The molecule has 0 aliphatic rings. The number of nitrogens with zero attached hydrogens (tertiary/aromatic N) is 2. The Morgan fingerprint density at radius 1 is 1.32 bits per heavy atom. The summed E-state index contributed by atoms with van der Waals surface area (Å²) in [5.41, 5.74) is 0. The maximum absolute atomic E-state index is 6.02. The Morgan fingerprint density at radius 3 is 2.89 bits per heavy atom. The lowest BCUT2D eigenvalue weighted by atomic mass is 10.3. The van der Waals surface area contributed by atoms with E-state index < -0.39 is 0 Å². The summed E-state index contributed by atoms with van der Waals surface area (Å²) in [6.45, 7) is 3.33. The van der Waals surface area contributed by atoms with Gasteiger partial charge in [0.2, 0.25) is 5.13 Å². The lowest BCUT2D eigenvalue weighted by Crippen LogP contribution is -1.98. The van der Waals surface area contributed by atoms with Crippen molar-refractivity contribution in [3.05, 3.63) is 33.3 Å². The van der Waals surface area contributed by atoms with Crippen LogP contribution in [0.1, 0.15) is 18.4 Å². The van der Waals surface area contributed by atoms with Gasteiger partial charge in [-0.2, -0.15) is 0 Å². The first kappa shape index (κ1) is 14.4. The number of nitrogens with one attached hydrogen (secondary N) is 1. The van der Waals surface area contributed by atoms with Gasteiger partial charge < -0.3 is 10.1 Å². The zero-order valence-electron chi connectivity index (χ0n) is 10.3. The second-order valence-corrected chi connectivity index (χ2v) is 5.70. The monoisotopic (exact) mass is 317 g/mol. The van der Waals surface area contributed by atoms with E-state index in [1.54, 1.807) is 18.2 Å². The van der Waals surface area contributed by atoms with Crippen molar-refractivity contribution in [3.63, 3.8) is 0 Å². The molecule has 0 saturated heterocycles. The van der Waals surface area contributed by atoms with Gasteiger partial charge in [0.25, 0.3) is 0 Å². The second-order valence-electron chi connectivity index (χ2n) is 3.79. The van der Waals surface area contributed by atoms with Crippen molar-refractivity contribution < 1.29 is 4.74 Å². The molecule has 2 aromatic rings. The second kappa shape index (κ2) is 6.93. The van der Waals surface area contributed by atoms with Crippen LogP contribution in [0.4, 0.5) is 5.13 Å². The van der Waals surface area contributed by atoms with Gasteiger partial charge in [-0.1, -0.05) is 41.5 Å². The molecule has 2 rings (SSSR count). The van der Waals surface area contributed by atoms with Gasteiger partial charge in [0, 0.05) is 11.6 Å². The highest BCUT2D eigenvalue weighted by molar-refractivity contribution is 7.15. The number of halogens is 2. The van der Waals surface area contributed by atoms with Gasteiger partial charge in [0.1, 0.15) is 12.4 Å². The van der Waals surface area contributed by atoms with Gasteiger partial charge in [-0.15, -0.1) is 10.2 Å². The third-order valence-corrected chi connectivity index (χ3v) is 3.62. The van der Waals surface area contributed by atoms with Gasteiger partial charge in [0.05, 0.1) is 5.02 Å². The molecular weight excluding hydrogens is 305 g/mol. The fourth-order valence-corrected chi connectivity index (χ4v) is 2.49. The molecule has 0 spiro atoms. The van der Waals surface area contributed by atoms with Crippen LogP contribution in [0.5, 0.6) is 5.75 Å². The van der Waals surface area contributed by atoms with Gasteiger partial charge in [-0.25, -0.2) is 0 Å². The summed E-state index contributed by atoms with van der Waals surface area (Å²) in [7, 11) is 0. The quantitative estimate of drug-likeness (QED) is 0.865. The number of anilines is 1. The van der Waals surface area contributed by atoms with Gasteiger partial charge in [-0.05, 0) is 24.6 Å². The summed E-state index contributed by atoms with van der Waals surface area (Å²) in [6.07, 6.45) is 1.05. The standard InChI is InChI=1S/C12H13Cl2N3OS/c1-2-5-15-12-17-16-11(19-12)7-18-10-4-3-8(13)6-9(10)14/h3-4,6H,2,5,7H2,1H3,(H,15,17). The SMILES string of the molecule is CCCNc1nnc(COc2ccc(Cl)cc2Cl)s1. The van der Waals surface area contributed by atoms with E-state index in [4.69, 9.17) is 27.9 Å². The number of hydrogen-bond donors (Lipinski definition) is 1. The van der Waals surface area contributed by atoms with Gasteiger partial charge in [0.15, 0.2) is 5.01 Å². The lowest BCUT2D eigenvalue weighted by Gasteiger charge is -2.05. The number of hydrogen-bond acceptors (Lipinski definition) is 5. The molecule has 0 aliphatic carbocycles. The highest BCUT2D eigenvalue weighted by Crippen LogP contribution is 2.28. The van der Waals surface area contributed by atoms with Crippen LogP contribution in [0.25, 0.3) is 0 Å². The van der Waals surface area contributed by atoms with Crippen molar-refractivity contribution in [2.45, 2.75) is 20.0 Å². The van der Waals surface area contributed by atoms with Crippen LogP contribution in [0, 0.1) is 0 Å². The van der Waals surface area contributed by atoms with E-state index in [9.17, 15) is 0 Å². The lowest BCUT2D eigenvalue weighted by molar-refractivity contribution is 0.305. The predicted octanol–water partition coefficient (Wildman–Crippen LogP) is 4.25. The van der Waals surface area contributed by atoms with Crippen molar-refractivity contribution in [2.75, 3.05) is 11.9 Å². The van der Waals surface area contributed by atoms with E-state index in [0.717, 1.165) is 23.1 Å². The molecule has 0 radical (unpaired) electrons. The molecule has 1 heterocycles. The molecule has 0 fully saturated rings. The van der Waals surface area contributed by atoms with Crippen molar-refractivity contribution in [1.82, 2.24) is 10.2 Å². The molecule has 0 bridgehead atoms. The van der Waals surface area contributed by atoms with E-state index >= 15 is 0 Å². The molecule has 7 heteroatoms. The first-order valence-corrected chi connectivity index (χ1v) is 7.40. The third-order valence-electron chi connectivity index (χ3n) is 2.24. The first-order valence-electron chi connectivity index (χ1n) is 5.83. The highest BCUT2D eigenvalue weighted by atomic mass is 35.5. The fourth-order valence-electron chi connectivity index (χ4n) is 1.35. The van der Waals surface area contributed by atoms with Crippen LogP contribution in [-0.2, 0) is 6.61 Å². The van der Waals surface area contributed by atoms with Crippen molar-refractivity contribution >= 4 is 39.7 Å².